The van der Waals surface area contributed by atoms with Crippen LogP contribution in [0.15, 0.2) is 66.7 Å². The molecule has 3 aromatic carbocycles. The maximum absolute atomic E-state index is 6.16. The molecule has 0 amide bonds. The number of hydrogen-bond acceptors (Lipinski definition) is 3. The maximum atomic E-state index is 6.16. The summed E-state index contributed by atoms with van der Waals surface area (Å²) in [6.07, 6.45) is 2.00. The second-order valence-corrected chi connectivity index (χ2v) is 8.09. The van der Waals surface area contributed by atoms with Crippen LogP contribution >= 0.6 is 0 Å². The van der Waals surface area contributed by atoms with E-state index in [0.717, 1.165) is 53.3 Å². The third-order valence-electron chi connectivity index (χ3n) is 5.50. The van der Waals surface area contributed by atoms with Gasteiger partial charge in [-0.3, -0.25) is 0 Å². The van der Waals surface area contributed by atoms with Gasteiger partial charge < -0.3 is 14.0 Å². The van der Waals surface area contributed by atoms with Crippen LogP contribution in [-0.2, 0) is 13.2 Å². The number of aryl methyl sites for hydroxylation is 4. The lowest BCUT2D eigenvalue weighted by Gasteiger charge is -2.13. The van der Waals surface area contributed by atoms with E-state index in [1.54, 1.807) is 0 Å². The number of nitrogens with zero attached hydrogens (tertiary/aromatic N) is 2. The normalized spacial score (nSPS) is 11.1. The van der Waals surface area contributed by atoms with E-state index in [9.17, 15) is 0 Å². The predicted molar refractivity (Wildman–Crippen MR) is 126 cm³/mol. The van der Waals surface area contributed by atoms with Crippen molar-refractivity contribution in [1.29, 1.82) is 0 Å². The molecule has 0 aliphatic heterocycles. The second kappa shape index (κ2) is 9.69. The van der Waals surface area contributed by atoms with Crippen molar-refractivity contribution in [2.45, 2.75) is 46.8 Å². The van der Waals surface area contributed by atoms with E-state index in [-0.39, 0.29) is 0 Å². The standard InChI is InChI=1S/C27H30N2O2/c1-20-11-14-23(15-12-20)30-17-7-6-16-29-25-9-5-4-8-24(25)28-27(29)19-31-26-18-21(2)10-13-22(26)3/h4-5,8-15,18H,6-7,16-17,19H2,1-3H3. The van der Waals surface area contributed by atoms with Gasteiger partial charge in [-0.15, -0.1) is 0 Å². The monoisotopic (exact) mass is 414 g/mol. The van der Waals surface area contributed by atoms with Gasteiger partial charge in [-0.1, -0.05) is 42.0 Å². The van der Waals surface area contributed by atoms with Gasteiger partial charge >= 0.3 is 0 Å². The molecule has 0 aliphatic carbocycles. The van der Waals surface area contributed by atoms with Crippen molar-refractivity contribution in [1.82, 2.24) is 9.55 Å². The Balaban J connectivity index is 1.40. The number of aromatic nitrogens is 2. The molecule has 0 saturated carbocycles. The molecule has 1 aromatic heterocycles. The molecule has 4 rings (SSSR count). The van der Waals surface area contributed by atoms with Gasteiger partial charge in [0.25, 0.3) is 0 Å². The lowest BCUT2D eigenvalue weighted by atomic mass is 10.1. The summed E-state index contributed by atoms with van der Waals surface area (Å²) in [7, 11) is 0. The third kappa shape index (κ3) is 5.26. The molecule has 31 heavy (non-hydrogen) atoms. The molecule has 4 aromatic rings. The first-order valence-electron chi connectivity index (χ1n) is 10.9. The SMILES string of the molecule is Cc1ccc(OCCCCn2c(COc3cc(C)ccc3C)nc3ccccc32)cc1. The van der Waals surface area contributed by atoms with Crippen LogP contribution in [0.1, 0.15) is 35.4 Å². The molecule has 0 N–H and O–H groups in total. The van der Waals surface area contributed by atoms with Crippen molar-refractivity contribution >= 4 is 11.0 Å². The van der Waals surface area contributed by atoms with Gasteiger partial charge in [0.2, 0.25) is 0 Å². The Morgan fingerprint density at radius 2 is 1.58 bits per heavy atom. The number of unbranched alkanes of at least 4 members (excludes halogenated alkanes) is 1. The first-order chi connectivity index (χ1) is 15.1. The van der Waals surface area contributed by atoms with Crippen molar-refractivity contribution in [2.24, 2.45) is 0 Å². The first-order valence-corrected chi connectivity index (χ1v) is 10.9. The van der Waals surface area contributed by atoms with Gasteiger partial charge in [0.1, 0.15) is 23.9 Å². The highest BCUT2D eigenvalue weighted by Gasteiger charge is 2.12. The highest BCUT2D eigenvalue weighted by Crippen LogP contribution is 2.22. The van der Waals surface area contributed by atoms with E-state index in [4.69, 9.17) is 14.5 Å². The largest absolute Gasteiger partial charge is 0.494 e. The minimum atomic E-state index is 0.457. The number of benzene rings is 3. The van der Waals surface area contributed by atoms with Crippen LogP contribution < -0.4 is 9.47 Å². The highest BCUT2D eigenvalue weighted by molar-refractivity contribution is 5.75. The number of ether oxygens (including phenoxy) is 2. The molecular formula is C27H30N2O2. The third-order valence-corrected chi connectivity index (χ3v) is 5.50. The number of fused-ring (bicyclic) bond motifs is 1. The molecule has 4 heteroatoms. The Kier molecular flexibility index (Phi) is 6.56. The Hall–Kier alpha value is -3.27. The first kappa shape index (κ1) is 21.0. The minimum absolute atomic E-state index is 0.457. The van der Waals surface area contributed by atoms with Crippen molar-refractivity contribution < 1.29 is 9.47 Å². The van der Waals surface area contributed by atoms with E-state index in [1.807, 2.05) is 18.2 Å². The van der Waals surface area contributed by atoms with Crippen LogP contribution in [-0.4, -0.2) is 16.2 Å². The van der Waals surface area contributed by atoms with Crippen LogP contribution in [0.2, 0.25) is 0 Å². The minimum Gasteiger partial charge on any atom is -0.494 e. The van der Waals surface area contributed by atoms with Crippen LogP contribution in [0.25, 0.3) is 11.0 Å². The molecule has 0 spiro atoms. The number of imidazole rings is 1. The molecule has 0 saturated heterocycles. The van der Waals surface area contributed by atoms with E-state index < -0.39 is 0 Å². The number of rotatable bonds is 9. The molecule has 0 bridgehead atoms. The van der Waals surface area contributed by atoms with Crippen molar-refractivity contribution in [3.8, 4) is 11.5 Å². The molecule has 0 radical (unpaired) electrons. The molecule has 0 unspecified atom stereocenters. The smallest absolute Gasteiger partial charge is 0.147 e. The van der Waals surface area contributed by atoms with Crippen LogP contribution in [0.4, 0.5) is 0 Å². The maximum Gasteiger partial charge on any atom is 0.147 e. The average Bonchev–Trinajstić information content (AvgIpc) is 3.13. The Labute approximate surface area is 184 Å². The van der Waals surface area contributed by atoms with Gasteiger partial charge in [0.05, 0.1) is 17.6 Å². The zero-order chi connectivity index (χ0) is 21.6. The van der Waals surface area contributed by atoms with Crippen LogP contribution in [0.3, 0.4) is 0 Å². The molecule has 0 aliphatic rings. The molecule has 0 atom stereocenters. The summed E-state index contributed by atoms with van der Waals surface area (Å²) in [5.74, 6) is 2.81. The summed E-state index contributed by atoms with van der Waals surface area (Å²) in [5.41, 5.74) is 5.75. The van der Waals surface area contributed by atoms with Crippen LogP contribution in [0.5, 0.6) is 11.5 Å². The number of hydrogen-bond donors (Lipinski definition) is 0. The fourth-order valence-electron chi connectivity index (χ4n) is 3.69. The van der Waals surface area contributed by atoms with Gasteiger partial charge in [0, 0.05) is 6.54 Å². The summed E-state index contributed by atoms with van der Waals surface area (Å²) < 4.78 is 14.3. The van der Waals surface area contributed by atoms with E-state index >= 15 is 0 Å². The summed E-state index contributed by atoms with van der Waals surface area (Å²) in [5, 5.41) is 0. The van der Waals surface area contributed by atoms with Crippen LogP contribution in [0, 0.1) is 20.8 Å². The van der Waals surface area contributed by atoms with E-state index in [2.05, 4.69) is 73.9 Å². The lowest BCUT2D eigenvalue weighted by Crippen LogP contribution is -2.09. The zero-order valence-electron chi connectivity index (χ0n) is 18.6. The molecule has 4 nitrogen and oxygen atoms in total. The molecular weight excluding hydrogens is 384 g/mol. The van der Waals surface area contributed by atoms with E-state index in [1.165, 1.54) is 11.1 Å². The summed E-state index contributed by atoms with van der Waals surface area (Å²) >= 11 is 0. The summed E-state index contributed by atoms with van der Waals surface area (Å²) in [6.45, 7) is 8.30. The van der Waals surface area contributed by atoms with E-state index in [0.29, 0.717) is 13.2 Å². The van der Waals surface area contributed by atoms with Gasteiger partial charge in [-0.05, 0) is 75.1 Å². The van der Waals surface area contributed by atoms with Crippen molar-refractivity contribution in [2.75, 3.05) is 6.61 Å². The quantitative estimate of drug-likeness (QED) is 0.297. The highest BCUT2D eigenvalue weighted by atomic mass is 16.5. The Bertz CT molecular complexity index is 1150. The fourth-order valence-corrected chi connectivity index (χ4v) is 3.69. The zero-order valence-corrected chi connectivity index (χ0v) is 18.6. The van der Waals surface area contributed by atoms with Gasteiger partial charge in [-0.2, -0.15) is 0 Å². The van der Waals surface area contributed by atoms with Crippen molar-refractivity contribution in [3.63, 3.8) is 0 Å². The van der Waals surface area contributed by atoms with Crippen molar-refractivity contribution in [3.05, 3.63) is 89.2 Å². The number of para-hydroxylation sites is 2. The molecule has 1 heterocycles. The topological polar surface area (TPSA) is 36.3 Å². The Morgan fingerprint density at radius 1 is 0.806 bits per heavy atom. The second-order valence-electron chi connectivity index (χ2n) is 8.09. The lowest BCUT2D eigenvalue weighted by molar-refractivity contribution is 0.283. The Morgan fingerprint density at radius 3 is 2.42 bits per heavy atom. The van der Waals surface area contributed by atoms with Gasteiger partial charge in [-0.25, -0.2) is 4.98 Å². The average molecular weight is 415 g/mol. The molecule has 160 valence electrons. The van der Waals surface area contributed by atoms with Gasteiger partial charge in [0.15, 0.2) is 0 Å². The molecule has 0 fully saturated rings. The predicted octanol–water partition coefficient (Wildman–Crippen LogP) is 6.40. The fraction of sp³-hybridized carbons (Fsp3) is 0.296. The summed E-state index contributed by atoms with van der Waals surface area (Å²) in [4.78, 5) is 4.84. The summed E-state index contributed by atoms with van der Waals surface area (Å²) in [6, 6.07) is 22.8.